The monoisotopic (exact) mass is 723 g/mol. The van der Waals surface area contributed by atoms with Gasteiger partial charge >= 0.3 is 0 Å². The number of rotatable bonds is 6. The molecule has 6 nitrogen and oxygen atoms in total. The molecule has 0 spiro atoms. The molecular formula is C35H38Cl5N3O3. The van der Waals surface area contributed by atoms with Crippen LogP contribution in [0, 0.1) is 35.5 Å². The van der Waals surface area contributed by atoms with E-state index in [9.17, 15) is 14.4 Å². The van der Waals surface area contributed by atoms with Crippen LogP contribution < -0.4 is 16.0 Å². The molecule has 246 valence electrons. The summed E-state index contributed by atoms with van der Waals surface area (Å²) >= 11 is 29.1. The first-order valence-electron chi connectivity index (χ1n) is 15.0. The topological polar surface area (TPSA) is 87.3 Å². The quantitative estimate of drug-likeness (QED) is 0.221. The Morgan fingerprint density at radius 2 is 1.13 bits per heavy atom. The van der Waals surface area contributed by atoms with Crippen LogP contribution in [0.25, 0.3) is 0 Å². The Bertz CT molecular complexity index is 1610. The van der Waals surface area contributed by atoms with Crippen LogP contribution in [0.4, 0.5) is 17.1 Å². The second-order valence-corrected chi connectivity index (χ2v) is 16.2. The normalized spacial score (nSPS) is 22.0. The molecule has 0 heterocycles. The molecule has 3 saturated carbocycles. The van der Waals surface area contributed by atoms with Crippen LogP contribution in [0.15, 0.2) is 66.7 Å². The Kier molecular flexibility index (Phi) is 11.3. The lowest BCUT2D eigenvalue weighted by molar-refractivity contribution is -0.118. The van der Waals surface area contributed by atoms with Crippen LogP contribution >= 0.6 is 58.0 Å². The summed E-state index contributed by atoms with van der Waals surface area (Å²) in [5.74, 6) is 0.0654. The lowest BCUT2D eigenvalue weighted by Gasteiger charge is -2.08. The Morgan fingerprint density at radius 1 is 0.630 bits per heavy atom. The number of carbonyl (C=O) groups is 3. The minimum Gasteiger partial charge on any atom is -0.326 e. The predicted octanol–water partition coefficient (Wildman–Crippen LogP) is 10.4. The smallest absolute Gasteiger partial charge is 0.230 e. The fourth-order valence-corrected chi connectivity index (χ4v) is 5.90. The minimum absolute atomic E-state index is 0.0587. The molecule has 0 aromatic heterocycles. The van der Waals surface area contributed by atoms with Crippen LogP contribution in [0.3, 0.4) is 0 Å². The van der Waals surface area contributed by atoms with E-state index in [4.69, 9.17) is 58.0 Å². The van der Waals surface area contributed by atoms with Gasteiger partial charge in [-0.15, -0.1) is 23.2 Å². The van der Waals surface area contributed by atoms with Crippen molar-refractivity contribution in [2.45, 2.75) is 58.2 Å². The zero-order valence-electron chi connectivity index (χ0n) is 26.3. The maximum absolute atomic E-state index is 11.8. The fraction of sp³-hybridized carbons (Fsp3) is 0.400. The van der Waals surface area contributed by atoms with Gasteiger partial charge in [-0.25, -0.2) is 0 Å². The van der Waals surface area contributed by atoms with Gasteiger partial charge in [0, 0.05) is 33.9 Å². The van der Waals surface area contributed by atoms with Crippen molar-refractivity contribution in [2.75, 3.05) is 16.0 Å². The second-order valence-electron chi connectivity index (χ2n) is 13.4. The Balaban J connectivity index is 0.000000157. The molecule has 0 radical (unpaired) electrons. The van der Waals surface area contributed by atoms with Crippen molar-refractivity contribution in [2.24, 2.45) is 28.6 Å². The van der Waals surface area contributed by atoms with E-state index in [0.29, 0.717) is 27.2 Å². The maximum atomic E-state index is 11.8. The number of hydrogen-bond acceptors (Lipinski definition) is 3. The molecule has 46 heavy (non-hydrogen) atoms. The van der Waals surface area contributed by atoms with E-state index in [0.717, 1.165) is 29.8 Å². The van der Waals surface area contributed by atoms with Crippen molar-refractivity contribution < 1.29 is 14.4 Å². The van der Waals surface area contributed by atoms with Crippen LogP contribution in [0.5, 0.6) is 0 Å². The summed E-state index contributed by atoms with van der Waals surface area (Å²) in [6.07, 6.45) is 2.46. The molecule has 0 saturated heterocycles. The fourth-order valence-electron chi connectivity index (χ4n) is 4.87. The molecule has 3 atom stereocenters. The molecule has 3 fully saturated rings. The van der Waals surface area contributed by atoms with Gasteiger partial charge in [-0.2, -0.15) is 0 Å². The highest BCUT2D eigenvalue weighted by atomic mass is 35.5. The Morgan fingerprint density at radius 3 is 1.59 bits per heavy atom. The second kappa shape index (κ2) is 14.3. The summed E-state index contributed by atoms with van der Waals surface area (Å²) in [5, 5.41) is 10.1. The van der Waals surface area contributed by atoms with Gasteiger partial charge in [0.1, 0.15) is 4.33 Å². The number of halogens is 5. The molecule has 3 aromatic rings. The highest BCUT2D eigenvalue weighted by molar-refractivity contribution is 6.52. The summed E-state index contributed by atoms with van der Waals surface area (Å²) in [6, 6.07) is 20.0. The number of anilines is 3. The number of benzene rings is 3. The van der Waals surface area contributed by atoms with Gasteiger partial charge in [0.05, 0.1) is 16.0 Å². The van der Waals surface area contributed by atoms with Crippen molar-refractivity contribution in [1.29, 1.82) is 0 Å². The highest BCUT2D eigenvalue weighted by Gasteiger charge is 2.56. The van der Waals surface area contributed by atoms with Crippen molar-refractivity contribution >= 4 is 92.8 Å². The standard InChI is InChI=1S/C12H13Cl2NO.C12H15NO.C11H10Cl3NO/c1-12(2)6-8(12)11(16)15-7-3-4-9(13)10(14)5-7;1-12(2)8-10(12)11(14)13-9-6-4-3-5-7-9;1-6-4-7(12)2-3-9(6)15-10(16)8-5-11(8,13)14/h3-5,8H,6H2,1-2H3,(H,15,16);3-7,10H,8H2,1-2H3,(H,13,14);2-4,8H,5H2,1H3,(H,15,16). The van der Waals surface area contributed by atoms with E-state index in [-0.39, 0.29) is 46.3 Å². The number of carbonyl (C=O) groups excluding carboxylic acids is 3. The summed E-state index contributed by atoms with van der Waals surface area (Å²) in [4.78, 5) is 35.2. The molecule has 3 amide bonds. The third kappa shape index (κ3) is 10.0. The van der Waals surface area contributed by atoms with Crippen molar-refractivity contribution in [3.05, 3.63) is 87.4 Å². The lowest BCUT2D eigenvalue weighted by Crippen LogP contribution is -2.17. The lowest BCUT2D eigenvalue weighted by atomic mass is 10.1. The van der Waals surface area contributed by atoms with Gasteiger partial charge in [0.15, 0.2) is 0 Å². The van der Waals surface area contributed by atoms with Crippen LogP contribution in [0.1, 0.15) is 52.5 Å². The molecule has 3 unspecified atom stereocenters. The number of hydrogen-bond donors (Lipinski definition) is 3. The summed E-state index contributed by atoms with van der Waals surface area (Å²) in [5.41, 5.74) is 3.59. The predicted molar refractivity (Wildman–Crippen MR) is 191 cm³/mol. The van der Waals surface area contributed by atoms with E-state index in [2.05, 4.69) is 43.6 Å². The van der Waals surface area contributed by atoms with Gasteiger partial charge in [-0.3, -0.25) is 14.4 Å². The summed E-state index contributed by atoms with van der Waals surface area (Å²) in [7, 11) is 0. The molecule has 3 aliphatic carbocycles. The maximum Gasteiger partial charge on any atom is 0.230 e. The third-order valence-electron chi connectivity index (χ3n) is 8.48. The molecule has 3 N–H and O–H groups in total. The number of para-hydroxylation sites is 1. The Labute approximate surface area is 295 Å². The highest BCUT2D eigenvalue weighted by Crippen LogP contribution is 2.54. The summed E-state index contributed by atoms with van der Waals surface area (Å²) in [6.45, 7) is 10.3. The Hall–Kier alpha value is -2.48. The van der Waals surface area contributed by atoms with Crippen LogP contribution in [-0.2, 0) is 14.4 Å². The molecule has 0 bridgehead atoms. The third-order valence-corrected chi connectivity index (χ3v) is 10.3. The van der Waals surface area contributed by atoms with Gasteiger partial charge in [-0.05, 0) is 91.1 Å². The van der Waals surface area contributed by atoms with E-state index < -0.39 is 4.33 Å². The van der Waals surface area contributed by atoms with Gasteiger partial charge < -0.3 is 16.0 Å². The van der Waals surface area contributed by atoms with Crippen molar-refractivity contribution in [3.8, 4) is 0 Å². The van der Waals surface area contributed by atoms with Crippen molar-refractivity contribution in [1.82, 2.24) is 0 Å². The van der Waals surface area contributed by atoms with Crippen molar-refractivity contribution in [3.63, 3.8) is 0 Å². The molecular weight excluding hydrogens is 688 g/mol. The van der Waals surface area contributed by atoms with E-state index in [1.165, 1.54) is 0 Å². The summed E-state index contributed by atoms with van der Waals surface area (Å²) < 4.78 is -0.885. The van der Waals surface area contributed by atoms with E-state index >= 15 is 0 Å². The first-order chi connectivity index (χ1) is 21.4. The average molecular weight is 726 g/mol. The SMILES string of the molecule is CC1(C)CC1C(=O)Nc1ccc(Cl)c(Cl)c1.CC1(C)CC1C(=O)Nc1ccccc1.Cc1cc(Cl)ccc1NC(=O)C1CC1(Cl)Cl. The number of alkyl halides is 2. The first-order valence-corrected chi connectivity index (χ1v) is 16.9. The largest absolute Gasteiger partial charge is 0.326 e. The van der Waals surface area contributed by atoms with E-state index in [1.54, 1.807) is 36.4 Å². The minimum atomic E-state index is -0.885. The molecule has 11 heteroatoms. The molecule has 6 rings (SSSR count). The van der Waals surface area contributed by atoms with E-state index in [1.807, 2.05) is 37.3 Å². The zero-order valence-corrected chi connectivity index (χ0v) is 30.1. The number of aryl methyl sites for hydroxylation is 1. The average Bonchev–Trinajstić information content (AvgIpc) is 3.92. The molecule has 0 aliphatic heterocycles. The number of nitrogens with one attached hydrogen (secondary N) is 3. The first kappa shape index (κ1) is 36.4. The molecule has 3 aliphatic rings. The molecule has 3 aromatic carbocycles. The zero-order chi connectivity index (χ0) is 34.0. The van der Waals surface area contributed by atoms with Gasteiger partial charge in [-0.1, -0.05) is 80.7 Å². The van der Waals surface area contributed by atoms with Crippen LogP contribution in [-0.4, -0.2) is 22.1 Å². The van der Waals surface area contributed by atoms with Gasteiger partial charge in [0.2, 0.25) is 17.7 Å². The number of amides is 3. The van der Waals surface area contributed by atoms with Crippen LogP contribution in [0.2, 0.25) is 15.1 Å². The van der Waals surface area contributed by atoms with Gasteiger partial charge in [0.25, 0.3) is 0 Å².